The molecule has 2 aromatic rings. The quantitative estimate of drug-likeness (QED) is 0.640. The van der Waals surface area contributed by atoms with E-state index in [9.17, 15) is 18.0 Å². The molecule has 1 saturated carbocycles. The van der Waals surface area contributed by atoms with Gasteiger partial charge in [-0.2, -0.15) is 4.31 Å². The first-order chi connectivity index (χ1) is 15.9. The van der Waals surface area contributed by atoms with Crippen LogP contribution in [-0.4, -0.2) is 78.3 Å². The number of carbonyl (C=O) groups excluding carboxylic acids is 1. The molecule has 3 heterocycles. The highest BCUT2D eigenvalue weighted by Crippen LogP contribution is 2.27. The molecule has 0 N–H and O–H groups in total. The topological polar surface area (TPSA) is 82.9 Å². The fourth-order valence-corrected chi connectivity index (χ4v) is 7.92. The molecule has 8 nitrogen and oxygen atoms in total. The van der Waals surface area contributed by atoms with Gasteiger partial charge in [0.25, 0.3) is 0 Å². The molecular formula is C23H32N4O4S2. The van der Waals surface area contributed by atoms with E-state index in [0.717, 1.165) is 50.4 Å². The van der Waals surface area contributed by atoms with Crippen LogP contribution in [0.1, 0.15) is 44.9 Å². The molecule has 33 heavy (non-hydrogen) atoms. The molecule has 1 aromatic carbocycles. The number of sulfonamides is 1. The van der Waals surface area contributed by atoms with E-state index in [1.165, 1.54) is 36.7 Å². The summed E-state index contributed by atoms with van der Waals surface area (Å²) < 4.78 is 30.3. The molecule has 3 aliphatic rings. The predicted octanol–water partition coefficient (Wildman–Crippen LogP) is 2.32. The van der Waals surface area contributed by atoms with Gasteiger partial charge in [-0.15, -0.1) is 0 Å². The number of piperazine rings is 1. The summed E-state index contributed by atoms with van der Waals surface area (Å²) >= 11 is 1.00. The van der Waals surface area contributed by atoms with E-state index in [1.54, 1.807) is 27.4 Å². The monoisotopic (exact) mass is 492 g/mol. The molecule has 0 radical (unpaired) electrons. The maximum absolute atomic E-state index is 13.3. The van der Waals surface area contributed by atoms with E-state index >= 15 is 0 Å². The third-order valence-corrected chi connectivity index (χ3v) is 10.2. The number of aromatic nitrogens is 1. The smallest absolute Gasteiger partial charge is 0.308 e. The number of benzene rings is 1. The van der Waals surface area contributed by atoms with E-state index < -0.39 is 10.0 Å². The minimum absolute atomic E-state index is 0.00799. The number of hydrogen-bond acceptors (Lipinski definition) is 6. The van der Waals surface area contributed by atoms with E-state index in [4.69, 9.17) is 0 Å². The number of thiazole rings is 1. The SMILES string of the molecule is O=C(Cn1c(=O)sc2cc(S(=O)(=O)N3CCN(C4CCCCC4)CC3)ccc21)N1CCCC1. The van der Waals surface area contributed by atoms with Gasteiger partial charge in [0, 0.05) is 45.3 Å². The number of fused-ring (bicyclic) bond motifs is 1. The fourth-order valence-electron chi connectivity index (χ4n) is 5.46. The molecule has 2 saturated heterocycles. The van der Waals surface area contributed by atoms with Crippen molar-refractivity contribution >= 4 is 37.5 Å². The van der Waals surface area contributed by atoms with Gasteiger partial charge >= 0.3 is 4.87 Å². The Morgan fingerprint density at radius 1 is 0.939 bits per heavy atom. The van der Waals surface area contributed by atoms with Crippen molar-refractivity contribution in [1.82, 2.24) is 18.7 Å². The van der Waals surface area contributed by atoms with Crippen LogP contribution < -0.4 is 4.87 Å². The number of hydrogen-bond donors (Lipinski definition) is 0. The number of likely N-dealkylation sites (tertiary alicyclic amines) is 1. The van der Waals surface area contributed by atoms with E-state index in [0.29, 0.717) is 29.3 Å². The Morgan fingerprint density at radius 2 is 1.64 bits per heavy atom. The summed E-state index contributed by atoms with van der Waals surface area (Å²) in [6.07, 6.45) is 8.31. The van der Waals surface area contributed by atoms with Gasteiger partial charge in [0.2, 0.25) is 15.9 Å². The molecule has 1 aliphatic carbocycles. The van der Waals surface area contributed by atoms with Crippen molar-refractivity contribution in [3.05, 3.63) is 27.9 Å². The Morgan fingerprint density at radius 3 is 2.33 bits per heavy atom. The number of amides is 1. The van der Waals surface area contributed by atoms with E-state index in [2.05, 4.69) is 4.90 Å². The molecule has 0 atom stereocenters. The molecule has 2 aliphatic heterocycles. The van der Waals surface area contributed by atoms with Crippen molar-refractivity contribution < 1.29 is 13.2 Å². The van der Waals surface area contributed by atoms with Crippen LogP contribution in [0.15, 0.2) is 27.9 Å². The molecule has 0 unspecified atom stereocenters. The lowest BCUT2D eigenvalue weighted by molar-refractivity contribution is -0.130. The summed E-state index contributed by atoms with van der Waals surface area (Å²) in [5, 5.41) is 0. The minimum atomic E-state index is -3.62. The number of rotatable bonds is 5. The normalized spacial score (nSPS) is 21.8. The van der Waals surface area contributed by atoms with Crippen molar-refractivity contribution in [2.75, 3.05) is 39.3 Å². The van der Waals surface area contributed by atoms with Crippen LogP contribution in [0.25, 0.3) is 10.2 Å². The van der Waals surface area contributed by atoms with Gasteiger partial charge in [-0.3, -0.25) is 19.1 Å². The molecule has 10 heteroatoms. The Bertz CT molecular complexity index is 1170. The van der Waals surface area contributed by atoms with Gasteiger partial charge in [-0.1, -0.05) is 30.6 Å². The van der Waals surface area contributed by atoms with Crippen LogP contribution in [0.3, 0.4) is 0 Å². The van der Waals surface area contributed by atoms with Crippen molar-refractivity contribution in [2.45, 2.75) is 62.4 Å². The Hall–Kier alpha value is -1.75. The predicted molar refractivity (Wildman–Crippen MR) is 129 cm³/mol. The van der Waals surface area contributed by atoms with E-state index in [-0.39, 0.29) is 22.2 Å². The maximum atomic E-state index is 13.3. The van der Waals surface area contributed by atoms with Gasteiger partial charge in [-0.25, -0.2) is 8.42 Å². The summed E-state index contributed by atoms with van der Waals surface area (Å²) in [6, 6.07) is 5.45. The van der Waals surface area contributed by atoms with Crippen LogP contribution in [0.4, 0.5) is 0 Å². The number of nitrogens with zero attached hydrogens (tertiary/aromatic N) is 4. The summed E-state index contributed by atoms with van der Waals surface area (Å²) in [7, 11) is -3.62. The second-order valence-corrected chi connectivity index (χ2v) is 12.3. The highest BCUT2D eigenvalue weighted by atomic mass is 32.2. The van der Waals surface area contributed by atoms with Gasteiger partial charge in [-0.05, 0) is 43.9 Å². The third-order valence-electron chi connectivity index (χ3n) is 7.39. The molecule has 0 spiro atoms. The van der Waals surface area contributed by atoms with Crippen molar-refractivity contribution in [3.63, 3.8) is 0 Å². The second kappa shape index (κ2) is 9.48. The van der Waals surface area contributed by atoms with Crippen LogP contribution in [0.2, 0.25) is 0 Å². The first-order valence-corrected chi connectivity index (χ1v) is 14.3. The lowest BCUT2D eigenvalue weighted by Crippen LogP contribution is -2.52. The Kier molecular flexibility index (Phi) is 6.61. The van der Waals surface area contributed by atoms with Crippen molar-refractivity contribution in [1.29, 1.82) is 0 Å². The summed E-state index contributed by atoms with van der Waals surface area (Å²) in [5.74, 6) is -0.0539. The standard InChI is InChI=1S/C23H32N4O4S2/c28-22(25-10-4-5-11-25)17-27-20-9-8-19(16-21(20)32-23(27)29)33(30,31)26-14-12-24(13-15-26)18-6-2-1-3-7-18/h8-9,16,18H,1-7,10-15,17H2. The van der Waals surface area contributed by atoms with Gasteiger partial charge < -0.3 is 4.90 Å². The first-order valence-electron chi connectivity index (χ1n) is 12.1. The summed E-state index contributed by atoms with van der Waals surface area (Å²) in [6.45, 7) is 4.03. The van der Waals surface area contributed by atoms with Gasteiger partial charge in [0.1, 0.15) is 6.54 Å². The largest absolute Gasteiger partial charge is 0.341 e. The lowest BCUT2D eigenvalue weighted by Gasteiger charge is -2.40. The van der Waals surface area contributed by atoms with Gasteiger partial charge in [0.15, 0.2) is 0 Å². The van der Waals surface area contributed by atoms with Crippen molar-refractivity contribution in [2.24, 2.45) is 0 Å². The fraction of sp³-hybridized carbons (Fsp3) is 0.652. The van der Waals surface area contributed by atoms with Crippen LogP contribution in [0, 0.1) is 0 Å². The van der Waals surface area contributed by atoms with E-state index in [1.807, 2.05) is 0 Å². The maximum Gasteiger partial charge on any atom is 0.308 e. The van der Waals surface area contributed by atoms with Crippen molar-refractivity contribution in [3.8, 4) is 0 Å². The summed E-state index contributed by atoms with van der Waals surface area (Å²) in [5.41, 5.74) is 0.624. The van der Waals surface area contributed by atoms with Crippen LogP contribution in [0.5, 0.6) is 0 Å². The van der Waals surface area contributed by atoms with Gasteiger partial charge in [0.05, 0.1) is 15.1 Å². The van der Waals surface area contributed by atoms with Crippen LogP contribution >= 0.6 is 11.3 Å². The lowest BCUT2D eigenvalue weighted by atomic mass is 9.94. The molecule has 3 fully saturated rings. The zero-order chi connectivity index (χ0) is 23.0. The molecule has 1 amide bonds. The molecule has 0 bridgehead atoms. The molecular weight excluding hydrogens is 460 g/mol. The highest BCUT2D eigenvalue weighted by molar-refractivity contribution is 7.89. The molecule has 180 valence electrons. The average molecular weight is 493 g/mol. The minimum Gasteiger partial charge on any atom is -0.341 e. The second-order valence-electron chi connectivity index (χ2n) is 9.40. The zero-order valence-electron chi connectivity index (χ0n) is 18.9. The average Bonchev–Trinajstić information content (AvgIpc) is 3.48. The molecule has 5 rings (SSSR count). The number of carbonyl (C=O) groups is 1. The first kappa shape index (κ1) is 23.0. The summed E-state index contributed by atoms with van der Waals surface area (Å²) in [4.78, 5) is 29.4. The molecule has 1 aromatic heterocycles. The highest BCUT2D eigenvalue weighted by Gasteiger charge is 2.32. The Balaban J connectivity index is 1.31. The zero-order valence-corrected chi connectivity index (χ0v) is 20.6. The Labute approximate surface area is 198 Å². The third kappa shape index (κ3) is 4.62. The van der Waals surface area contributed by atoms with Crippen LogP contribution in [-0.2, 0) is 21.4 Å².